The van der Waals surface area contributed by atoms with Crippen LogP contribution in [0, 0.1) is 5.82 Å². The molecule has 6 rings (SSSR count). The van der Waals surface area contributed by atoms with Gasteiger partial charge in [0.1, 0.15) is 41.3 Å². The van der Waals surface area contributed by atoms with E-state index in [2.05, 4.69) is 20.4 Å². The minimum absolute atomic E-state index is 0.0107. The second-order valence-electron chi connectivity index (χ2n) is 11.2. The van der Waals surface area contributed by atoms with Crippen LogP contribution in [-0.2, 0) is 35.5 Å². The molecule has 0 radical (unpaired) electrons. The van der Waals surface area contributed by atoms with Gasteiger partial charge in [-0.2, -0.15) is 18.3 Å². The molecule has 1 atom stereocenters. The molecule has 0 saturated carbocycles. The average Bonchev–Trinajstić information content (AvgIpc) is 3.64. The summed E-state index contributed by atoms with van der Waals surface area (Å²) in [7, 11) is 0. The van der Waals surface area contributed by atoms with E-state index in [1.165, 1.54) is 29.8 Å². The van der Waals surface area contributed by atoms with Crippen LogP contribution in [0.5, 0.6) is 5.75 Å². The summed E-state index contributed by atoms with van der Waals surface area (Å²) in [6.45, 7) is 5.27. The van der Waals surface area contributed by atoms with Crippen LogP contribution in [0.25, 0.3) is 20.7 Å². The molecule has 0 aliphatic heterocycles. The fourth-order valence-corrected chi connectivity index (χ4v) is 7.20. The molecule has 48 heavy (non-hydrogen) atoms. The maximum Gasteiger partial charge on any atom is 0.490 e. The predicted octanol–water partition coefficient (Wildman–Crippen LogP) is 7.58. The maximum atomic E-state index is 13.5. The van der Waals surface area contributed by atoms with Gasteiger partial charge in [0, 0.05) is 28.4 Å². The standard InChI is InChI=1S/C33H31ClF4N6O3S/c1-3-43(4-2)15-22(47-32(45)33(36,37)38)16-44-26-10-9-23-28-30(39-18-40-31(28)48-29(23)24(26)14-41-44)42-21-8-11-27(25(34)13-21)46-17-19-6-5-7-20(35)12-19/h5-8,11-14,18,22H,3-4,9-10,15-17H2,1-2H3,(H,39,40,42)/t22-/m1/s1. The number of anilines is 2. The average molecular weight is 703 g/mol. The Morgan fingerprint density at radius 2 is 1.96 bits per heavy atom. The largest absolute Gasteiger partial charge is 0.490 e. The second-order valence-corrected chi connectivity index (χ2v) is 12.6. The summed E-state index contributed by atoms with van der Waals surface area (Å²) < 4.78 is 65.2. The summed E-state index contributed by atoms with van der Waals surface area (Å²) in [6, 6.07) is 11.4. The van der Waals surface area contributed by atoms with Gasteiger partial charge in [-0.05, 0) is 67.4 Å². The number of hydrogen-bond acceptors (Lipinski definition) is 9. The number of halogens is 5. The van der Waals surface area contributed by atoms with Crippen molar-refractivity contribution in [3.63, 3.8) is 0 Å². The minimum Gasteiger partial charge on any atom is -0.487 e. The highest BCUT2D eigenvalue weighted by molar-refractivity contribution is 7.22. The molecule has 0 unspecified atom stereocenters. The molecule has 0 fully saturated rings. The molecular weight excluding hydrogens is 672 g/mol. The van der Waals surface area contributed by atoms with Crippen LogP contribution < -0.4 is 10.1 Å². The Morgan fingerprint density at radius 3 is 2.69 bits per heavy atom. The number of carbonyl (C=O) groups is 1. The zero-order valence-electron chi connectivity index (χ0n) is 26.0. The highest BCUT2D eigenvalue weighted by Crippen LogP contribution is 2.45. The van der Waals surface area contributed by atoms with Gasteiger partial charge in [0.15, 0.2) is 0 Å². The number of carbonyl (C=O) groups excluding carboxylic acids is 1. The van der Waals surface area contributed by atoms with Crippen LogP contribution in [0.3, 0.4) is 0 Å². The molecule has 1 aliphatic rings. The van der Waals surface area contributed by atoms with Crippen LogP contribution in [0.15, 0.2) is 55.0 Å². The summed E-state index contributed by atoms with van der Waals surface area (Å²) >= 11 is 8.01. The summed E-state index contributed by atoms with van der Waals surface area (Å²) in [5.41, 5.74) is 4.10. The Hall–Kier alpha value is -4.27. The van der Waals surface area contributed by atoms with Crippen LogP contribution >= 0.6 is 22.9 Å². The van der Waals surface area contributed by atoms with Gasteiger partial charge in [-0.15, -0.1) is 11.3 Å². The number of rotatable bonds is 12. The van der Waals surface area contributed by atoms with Crippen LogP contribution in [0.2, 0.25) is 5.02 Å². The van der Waals surface area contributed by atoms with Crippen LogP contribution in [-0.4, -0.2) is 62.5 Å². The first kappa shape index (κ1) is 33.6. The van der Waals surface area contributed by atoms with Crippen molar-refractivity contribution in [2.45, 2.75) is 52.1 Å². The number of esters is 1. The number of fused-ring (bicyclic) bond motifs is 5. The SMILES string of the molecule is CCN(CC)C[C@H](Cn1ncc2c1CCc1c-2sc2ncnc(Nc3ccc(OCc4cccc(F)c4)c(Cl)c3)c12)OC(=O)C(F)(F)F. The lowest BCUT2D eigenvalue weighted by Gasteiger charge is -2.26. The van der Waals surface area contributed by atoms with Crippen molar-refractivity contribution in [3.05, 3.63) is 82.6 Å². The summed E-state index contributed by atoms with van der Waals surface area (Å²) in [4.78, 5) is 24.4. The molecule has 0 bridgehead atoms. The van der Waals surface area contributed by atoms with Gasteiger partial charge in [0.25, 0.3) is 0 Å². The zero-order valence-corrected chi connectivity index (χ0v) is 27.6. The van der Waals surface area contributed by atoms with Crippen molar-refractivity contribution in [1.29, 1.82) is 0 Å². The number of nitrogens with one attached hydrogen (secondary N) is 1. The van der Waals surface area contributed by atoms with Gasteiger partial charge in [0.05, 0.1) is 23.2 Å². The van der Waals surface area contributed by atoms with E-state index < -0.39 is 18.2 Å². The van der Waals surface area contributed by atoms with Crippen molar-refractivity contribution in [3.8, 4) is 16.2 Å². The smallest absolute Gasteiger partial charge is 0.487 e. The first-order valence-electron chi connectivity index (χ1n) is 15.3. The predicted molar refractivity (Wildman–Crippen MR) is 175 cm³/mol. The molecule has 2 aromatic carbocycles. The summed E-state index contributed by atoms with van der Waals surface area (Å²) in [5.74, 6) is -1.51. The molecule has 9 nitrogen and oxygen atoms in total. The van der Waals surface area contributed by atoms with E-state index in [9.17, 15) is 22.4 Å². The van der Waals surface area contributed by atoms with Crippen molar-refractivity contribution in [2.75, 3.05) is 25.0 Å². The third kappa shape index (κ3) is 7.25. The Morgan fingerprint density at radius 1 is 1.15 bits per heavy atom. The Labute approximate surface area is 282 Å². The lowest BCUT2D eigenvalue weighted by molar-refractivity contribution is -0.206. The molecule has 1 N–H and O–H groups in total. The number of nitrogens with zero attached hydrogens (tertiary/aromatic N) is 5. The highest BCUT2D eigenvalue weighted by Gasteiger charge is 2.42. The number of likely N-dealkylation sites (N-methyl/N-ethyl adjacent to an activating group) is 1. The summed E-state index contributed by atoms with van der Waals surface area (Å²) in [6.07, 6.45) is -1.77. The molecular formula is C33H31ClF4N6O3S. The molecule has 0 saturated heterocycles. The van der Waals surface area contributed by atoms with Gasteiger partial charge in [-0.25, -0.2) is 19.2 Å². The number of thiophene rings is 1. The number of aromatic nitrogens is 4. The van der Waals surface area contributed by atoms with E-state index in [-0.39, 0.29) is 25.5 Å². The number of hydrogen-bond donors (Lipinski definition) is 1. The van der Waals surface area contributed by atoms with Crippen molar-refractivity contribution < 1.29 is 31.8 Å². The van der Waals surface area contributed by atoms with E-state index in [4.69, 9.17) is 21.1 Å². The van der Waals surface area contributed by atoms with Gasteiger partial charge in [-0.1, -0.05) is 37.6 Å². The van der Waals surface area contributed by atoms with E-state index in [0.29, 0.717) is 53.8 Å². The van der Waals surface area contributed by atoms with Gasteiger partial charge in [0.2, 0.25) is 0 Å². The number of benzene rings is 2. The van der Waals surface area contributed by atoms with E-state index in [1.807, 2.05) is 24.8 Å². The third-order valence-corrected chi connectivity index (χ3v) is 9.58. The van der Waals surface area contributed by atoms with E-state index >= 15 is 0 Å². The second kappa shape index (κ2) is 14.1. The Balaban J connectivity index is 1.23. The van der Waals surface area contributed by atoms with Crippen LogP contribution in [0.1, 0.15) is 30.7 Å². The lowest BCUT2D eigenvalue weighted by atomic mass is 9.95. The fraction of sp³-hybridized carbons (Fsp3) is 0.333. The van der Waals surface area contributed by atoms with Crippen molar-refractivity contribution in [2.24, 2.45) is 0 Å². The van der Waals surface area contributed by atoms with Gasteiger partial charge < -0.3 is 19.7 Å². The van der Waals surface area contributed by atoms with Crippen molar-refractivity contribution in [1.82, 2.24) is 24.6 Å². The van der Waals surface area contributed by atoms with Gasteiger partial charge in [-0.3, -0.25) is 4.68 Å². The lowest BCUT2D eigenvalue weighted by Crippen LogP contribution is -2.40. The monoisotopic (exact) mass is 702 g/mol. The molecule has 5 aromatic rings. The van der Waals surface area contributed by atoms with E-state index in [0.717, 1.165) is 31.9 Å². The first-order chi connectivity index (χ1) is 23.0. The minimum atomic E-state index is -5.09. The van der Waals surface area contributed by atoms with E-state index in [1.54, 1.807) is 35.1 Å². The molecule has 3 aromatic heterocycles. The molecule has 252 valence electrons. The molecule has 0 spiro atoms. The molecule has 0 amide bonds. The third-order valence-electron chi connectivity index (χ3n) is 8.11. The number of alkyl halides is 3. The highest BCUT2D eigenvalue weighted by atomic mass is 35.5. The quantitative estimate of drug-likeness (QED) is 0.105. The molecule has 3 heterocycles. The topological polar surface area (TPSA) is 94.4 Å². The van der Waals surface area contributed by atoms with Crippen LogP contribution in [0.4, 0.5) is 29.1 Å². The van der Waals surface area contributed by atoms with Gasteiger partial charge >= 0.3 is 12.1 Å². The zero-order chi connectivity index (χ0) is 34.0. The maximum absolute atomic E-state index is 13.5. The Bertz CT molecular complexity index is 1940. The van der Waals surface area contributed by atoms with Crippen molar-refractivity contribution >= 4 is 50.6 Å². The number of aryl methyl sites for hydroxylation is 1. The first-order valence-corrected chi connectivity index (χ1v) is 16.5. The Kier molecular flexibility index (Phi) is 9.85. The fourth-order valence-electron chi connectivity index (χ4n) is 5.74. The number of ether oxygens (including phenoxy) is 2. The molecule has 1 aliphatic carbocycles. The normalized spacial score (nSPS) is 13.3. The summed E-state index contributed by atoms with van der Waals surface area (Å²) in [5, 5.41) is 9.09. The molecule has 15 heteroatoms.